The lowest BCUT2D eigenvalue weighted by Gasteiger charge is -2.11. The molecule has 1 radical (unpaired) electrons. The van der Waals surface area contributed by atoms with Gasteiger partial charge < -0.3 is 5.32 Å². The van der Waals surface area contributed by atoms with E-state index in [9.17, 15) is 26.7 Å². The fourth-order valence-electron chi connectivity index (χ4n) is 2.40. The number of benzene rings is 2. The Morgan fingerprint density at radius 1 is 1.15 bits per heavy atom. The van der Waals surface area contributed by atoms with E-state index in [2.05, 4.69) is 16.5 Å². The van der Waals surface area contributed by atoms with Crippen molar-refractivity contribution in [2.45, 2.75) is 12.8 Å². The first-order valence-electron chi connectivity index (χ1n) is 7.65. The molecule has 3 aromatic rings. The van der Waals surface area contributed by atoms with E-state index < -0.39 is 36.3 Å². The van der Waals surface area contributed by atoms with Gasteiger partial charge in [-0.05, 0) is 23.8 Å². The Morgan fingerprint density at radius 3 is 2.48 bits per heavy atom. The summed E-state index contributed by atoms with van der Waals surface area (Å²) in [5.74, 6) is -4.34. The molecule has 1 aromatic heterocycles. The average Bonchev–Trinajstić information content (AvgIpc) is 3.07. The van der Waals surface area contributed by atoms with Crippen molar-refractivity contribution in [2.75, 3.05) is 5.32 Å². The number of carbonyl (C=O) groups excluding carboxylic acids is 1. The minimum atomic E-state index is -2.63. The van der Waals surface area contributed by atoms with Crippen LogP contribution in [0.2, 0.25) is 0 Å². The predicted octanol–water partition coefficient (Wildman–Crippen LogP) is 4.66. The van der Waals surface area contributed by atoms with Crippen LogP contribution in [0, 0.1) is 23.5 Å². The number of amides is 1. The third kappa shape index (κ3) is 4.13. The van der Waals surface area contributed by atoms with Crippen LogP contribution in [-0.4, -0.2) is 22.2 Å². The third-order valence-electron chi connectivity index (χ3n) is 3.60. The van der Waals surface area contributed by atoms with Crippen LogP contribution in [0.4, 0.5) is 32.4 Å². The van der Waals surface area contributed by atoms with Crippen molar-refractivity contribution in [1.82, 2.24) is 9.78 Å². The van der Waals surface area contributed by atoms with Crippen molar-refractivity contribution in [3.63, 3.8) is 0 Å². The highest BCUT2D eigenvalue weighted by Crippen LogP contribution is 2.30. The van der Waals surface area contributed by atoms with Crippen LogP contribution < -0.4 is 5.32 Å². The maximum Gasteiger partial charge on any atom is 0.346 e. The summed E-state index contributed by atoms with van der Waals surface area (Å²) in [5.41, 5.74) is 0.315. The number of anilines is 1. The van der Waals surface area contributed by atoms with Gasteiger partial charge in [0.15, 0.2) is 17.5 Å². The van der Waals surface area contributed by atoms with Gasteiger partial charge in [0.1, 0.15) is 0 Å². The van der Waals surface area contributed by atoms with Crippen molar-refractivity contribution < 1.29 is 26.7 Å². The van der Waals surface area contributed by atoms with Gasteiger partial charge in [-0.25, -0.2) is 26.7 Å². The molecule has 0 fully saturated rings. The number of rotatable bonds is 4. The minimum absolute atomic E-state index is 0.00715. The van der Waals surface area contributed by atoms with Crippen LogP contribution in [0.5, 0.6) is 0 Å². The zero-order valence-corrected chi connectivity index (χ0v) is 13.5. The van der Waals surface area contributed by atoms with Crippen molar-refractivity contribution in [1.29, 1.82) is 0 Å². The molecule has 3 rings (SSSR count). The van der Waals surface area contributed by atoms with Crippen LogP contribution in [0.15, 0.2) is 42.6 Å². The summed E-state index contributed by atoms with van der Waals surface area (Å²) in [6.07, 6.45) is -2.19. The Bertz CT molecular complexity index is 964. The number of nitrogens with zero attached hydrogens (tertiary/aromatic N) is 2. The molecular weight excluding hydrogens is 369 g/mol. The lowest BCUT2D eigenvalue weighted by Crippen LogP contribution is -2.20. The zero-order valence-electron chi connectivity index (χ0n) is 13.5. The first kappa shape index (κ1) is 18.6. The largest absolute Gasteiger partial charge is 0.346 e. The number of hydrogen-bond acceptors (Lipinski definition) is 2. The topological polar surface area (TPSA) is 46.9 Å². The molecule has 1 heterocycles. The standard InChI is InChI=1S/C18H11F5N3O/c19-13-7-10(8-14(20)17(13)23)12-3-1-2-4-15(12)24-18(27)26-6-5-11(25-26)9-16(21)22/h1-4,6-8,16H,9H2,(H,24,27). The Morgan fingerprint density at radius 2 is 1.81 bits per heavy atom. The summed E-state index contributed by atoms with van der Waals surface area (Å²) in [6, 6.07) is 9.30. The SMILES string of the molecule is O=C(Nc1ccccc1-c1cc(F)c(F)c(F)c1)n1c[c]c(CC(F)F)n1. The number of alkyl halides is 2. The molecule has 0 bridgehead atoms. The molecule has 0 saturated carbocycles. The number of halogens is 5. The minimum Gasteiger partial charge on any atom is -0.305 e. The molecule has 0 atom stereocenters. The molecular formula is C18H11F5N3O. The lowest BCUT2D eigenvalue weighted by atomic mass is 10.0. The van der Waals surface area contributed by atoms with E-state index in [1.165, 1.54) is 12.1 Å². The van der Waals surface area contributed by atoms with E-state index in [-0.39, 0.29) is 22.5 Å². The van der Waals surface area contributed by atoms with Crippen LogP contribution in [0.25, 0.3) is 11.1 Å². The molecule has 0 aliphatic rings. The first-order valence-corrected chi connectivity index (χ1v) is 7.65. The van der Waals surface area contributed by atoms with E-state index in [4.69, 9.17) is 0 Å². The Balaban J connectivity index is 1.88. The normalized spacial score (nSPS) is 11.0. The van der Waals surface area contributed by atoms with Crippen molar-refractivity contribution in [3.8, 4) is 11.1 Å². The third-order valence-corrected chi connectivity index (χ3v) is 3.60. The molecule has 0 aliphatic carbocycles. The number of hydrogen-bond donors (Lipinski definition) is 1. The summed E-state index contributed by atoms with van der Waals surface area (Å²) in [6.45, 7) is 0. The quantitative estimate of drug-likeness (QED) is 0.529. The molecule has 4 nitrogen and oxygen atoms in total. The fourth-order valence-corrected chi connectivity index (χ4v) is 2.40. The highest BCUT2D eigenvalue weighted by Gasteiger charge is 2.16. The van der Waals surface area contributed by atoms with Gasteiger partial charge in [-0.2, -0.15) is 9.78 Å². The van der Waals surface area contributed by atoms with Crippen LogP contribution >= 0.6 is 0 Å². The summed E-state index contributed by atoms with van der Waals surface area (Å²) in [5, 5.41) is 6.15. The van der Waals surface area contributed by atoms with Crippen molar-refractivity contribution in [2.24, 2.45) is 0 Å². The summed E-state index contributed by atoms with van der Waals surface area (Å²) < 4.78 is 65.7. The molecule has 27 heavy (non-hydrogen) atoms. The zero-order chi connectivity index (χ0) is 19.6. The molecule has 1 amide bonds. The van der Waals surface area contributed by atoms with Gasteiger partial charge in [0.25, 0.3) is 0 Å². The first-order chi connectivity index (χ1) is 12.8. The maximum atomic E-state index is 13.5. The van der Waals surface area contributed by atoms with Gasteiger partial charge in [0.05, 0.1) is 17.8 Å². The predicted molar refractivity (Wildman–Crippen MR) is 86.9 cm³/mol. The highest BCUT2D eigenvalue weighted by atomic mass is 19.3. The molecule has 0 unspecified atom stereocenters. The highest BCUT2D eigenvalue weighted by molar-refractivity contribution is 5.95. The second-order valence-corrected chi connectivity index (χ2v) is 5.49. The Hall–Kier alpha value is -3.23. The van der Waals surface area contributed by atoms with Gasteiger partial charge in [-0.3, -0.25) is 0 Å². The van der Waals surface area contributed by atoms with E-state index in [0.717, 1.165) is 23.0 Å². The lowest BCUT2D eigenvalue weighted by molar-refractivity contribution is 0.147. The summed E-state index contributed by atoms with van der Waals surface area (Å²) in [4.78, 5) is 12.3. The molecule has 2 aromatic carbocycles. The molecule has 0 aliphatic heterocycles. The van der Waals surface area contributed by atoms with E-state index in [0.29, 0.717) is 0 Å². The van der Waals surface area contributed by atoms with Gasteiger partial charge in [0, 0.05) is 17.8 Å². The van der Waals surface area contributed by atoms with Crippen molar-refractivity contribution in [3.05, 3.63) is 71.8 Å². The molecule has 1 N–H and O–H groups in total. The Labute approximate surface area is 150 Å². The fraction of sp³-hybridized carbons (Fsp3) is 0.111. The number of nitrogens with one attached hydrogen (secondary N) is 1. The second-order valence-electron chi connectivity index (χ2n) is 5.49. The Kier molecular flexibility index (Phi) is 5.20. The van der Waals surface area contributed by atoms with Gasteiger partial charge >= 0.3 is 6.03 Å². The van der Waals surface area contributed by atoms with E-state index in [1.807, 2.05) is 0 Å². The van der Waals surface area contributed by atoms with Crippen molar-refractivity contribution >= 4 is 11.7 Å². The number of para-hydroxylation sites is 1. The average molecular weight is 380 g/mol. The summed E-state index contributed by atoms with van der Waals surface area (Å²) in [7, 11) is 0. The molecule has 139 valence electrons. The van der Waals surface area contributed by atoms with Crippen LogP contribution in [0.3, 0.4) is 0 Å². The van der Waals surface area contributed by atoms with Gasteiger partial charge in [-0.15, -0.1) is 0 Å². The van der Waals surface area contributed by atoms with E-state index >= 15 is 0 Å². The smallest absolute Gasteiger partial charge is 0.305 e. The second kappa shape index (κ2) is 7.56. The van der Waals surface area contributed by atoms with Gasteiger partial charge in [-0.1, -0.05) is 18.2 Å². The summed E-state index contributed by atoms with van der Waals surface area (Å²) >= 11 is 0. The monoisotopic (exact) mass is 380 g/mol. The number of carbonyl (C=O) groups is 1. The molecule has 9 heteroatoms. The van der Waals surface area contributed by atoms with Gasteiger partial charge in [0.2, 0.25) is 6.43 Å². The maximum absolute atomic E-state index is 13.5. The van der Waals surface area contributed by atoms with Crippen LogP contribution in [-0.2, 0) is 6.42 Å². The molecule has 0 saturated heterocycles. The molecule has 0 spiro atoms. The van der Waals surface area contributed by atoms with Crippen LogP contribution in [0.1, 0.15) is 5.69 Å². The number of aromatic nitrogens is 2. The van der Waals surface area contributed by atoms with E-state index in [1.54, 1.807) is 12.1 Å².